The predicted octanol–water partition coefficient (Wildman–Crippen LogP) is 0.929. The predicted molar refractivity (Wildman–Crippen MR) is 92.7 cm³/mol. The third-order valence-electron chi connectivity index (χ3n) is 4.51. The average Bonchev–Trinajstić information content (AvgIpc) is 2.56. The summed E-state index contributed by atoms with van der Waals surface area (Å²) in [6.07, 6.45) is 0.455. The van der Waals surface area contributed by atoms with Crippen molar-refractivity contribution in [3.05, 3.63) is 35.4 Å². The van der Waals surface area contributed by atoms with Crippen LogP contribution in [0.15, 0.2) is 24.3 Å². The van der Waals surface area contributed by atoms with Gasteiger partial charge in [0.05, 0.1) is 6.10 Å². The maximum atomic E-state index is 12.4. The summed E-state index contributed by atoms with van der Waals surface area (Å²) in [6, 6.07) is 7.71. The standard InChI is InChI=1S/C18H29N3O2/c1-4-15-5-7-16(8-6-15)18(23)20(3)13-17(22)14-21-11-9-19(2)10-12-21/h5-8,17,22H,4,9-14H2,1-3H3. The molecule has 1 heterocycles. The average molecular weight is 319 g/mol. The molecule has 0 radical (unpaired) electrons. The van der Waals surface area contributed by atoms with Crippen LogP contribution in [0.5, 0.6) is 0 Å². The molecule has 1 saturated heterocycles. The number of benzene rings is 1. The number of piperazine rings is 1. The van der Waals surface area contributed by atoms with Crippen LogP contribution in [0.4, 0.5) is 0 Å². The molecule has 1 aromatic rings. The van der Waals surface area contributed by atoms with Crippen molar-refractivity contribution in [1.82, 2.24) is 14.7 Å². The summed E-state index contributed by atoms with van der Waals surface area (Å²) in [5.74, 6) is -0.0370. The summed E-state index contributed by atoms with van der Waals surface area (Å²) in [5, 5.41) is 10.3. The van der Waals surface area contributed by atoms with Gasteiger partial charge in [0, 0.05) is 51.9 Å². The molecule has 0 saturated carbocycles. The normalized spacial score (nSPS) is 17.9. The molecule has 23 heavy (non-hydrogen) atoms. The highest BCUT2D eigenvalue weighted by atomic mass is 16.3. The number of β-amino-alcohol motifs (C(OH)–C–C–N with tert-alkyl or cyclic N) is 1. The van der Waals surface area contributed by atoms with Crippen LogP contribution in [0.2, 0.25) is 0 Å². The van der Waals surface area contributed by atoms with Gasteiger partial charge in [-0.2, -0.15) is 0 Å². The van der Waals surface area contributed by atoms with Crippen LogP contribution in [-0.2, 0) is 6.42 Å². The van der Waals surface area contributed by atoms with Crippen LogP contribution in [0.3, 0.4) is 0 Å². The second-order valence-electron chi connectivity index (χ2n) is 6.49. The highest BCUT2D eigenvalue weighted by Crippen LogP contribution is 2.08. The van der Waals surface area contributed by atoms with E-state index in [1.165, 1.54) is 5.56 Å². The Kier molecular flexibility index (Phi) is 6.57. The molecule has 0 aromatic heterocycles. The molecule has 2 rings (SSSR count). The van der Waals surface area contributed by atoms with E-state index in [1.54, 1.807) is 11.9 Å². The van der Waals surface area contributed by atoms with Gasteiger partial charge in [0.1, 0.15) is 0 Å². The zero-order chi connectivity index (χ0) is 16.8. The first kappa shape index (κ1) is 17.9. The maximum absolute atomic E-state index is 12.4. The Morgan fingerprint density at radius 3 is 2.39 bits per heavy atom. The number of aliphatic hydroxyl groups excluding tert-OH is 1. The van der Waals surface area contributed by atoms with E-state index in [0.29, 0.717) is 18.7 Å². The number of aryl methyl sites for hydroxylation is 1. The summed E-state index contributed by atoms with van der Waals surface area (Å²) >= 11 is 0. The largest absolute Gasteiger partial charge is 0.390 e. The van der Waals surface area contributed by atoms with E-state index in [0.717, 1.165) is 32.6 Å². The van der Waals surface area contributed by atoms with Crippen LogP contribution in [-0.4, -0.2) is 85.2 Å². The van der Waals surface area contributed by atoms with E-state index in [-0.39, 0.29) is 5.91 Å². The van der Waals surface area contributed by atoms with E-state index in [9.17, 15) is 9.90 Å². The van der Waals surface area contributed by atoms with Gasteiger partial charge in [-0.3, -0.25) is 9.69 Å². The number of hydrogen-bond donors (Lipinski definition) is 1. The van der Waals surface area contributed by atoms with Gasteiger partial charge >= 0.3 is 0 Å². The molecule has 128 valence electrons. The Bertz CT molecular complexity index is 495. The molecule has 1 N–H and O–H groups in total. The number of nitrogens with zero attached hydrogens (tertiary/aromatic N) is 3. The lowest BCUT2D eigenvalue weighted by atomic mass is 10.1. The highest BCUT2D eigenvalue weighted by Gasteiger charge is 2.20. The third kappa shape index (κ3) is 5.30. The second kappa shape index (κ2) is 8.43. The summed E-state index contributed by atoms with van der Waals surface area (Å²) < 4.78 is 0. The molecule has 1 amide bonds. The Morgan fingerprint density at radius 2 is 1.83 bits per heavy atom. The summed E-state index contributed by atoms with van der Waals surface area (Å²) in [7, 11) is 3.87. The lowest BCUT2D eigenvalue weighted by Gasteiger charge is -2.34. The van der Waals surface area contributed by atoms with Gasteiger partial charge < -0.3 is 14.9 Å². The minimum Gasteiger partial charge on any atom is -0.390 e. The van der Waals surface area contributed by atoms with Gasteiger partial charge in [0.25, 0.3) is 5.91 Å². The molecule has 0 bridgehead atoms. The van der Waals surface area contributed by atoms with Gasteiger partial charge in [-0.1, -0.05) is 19.1 Å². The van der Waals surface area contributed by atoms with E-state index < -0.39 is 6.10 Å². The molecular formula is C18H29N3O2. The summed E-state index contributed by atoms with van der Waals surface area (Å²) in [4.78, 5) is 18.6. The fourth-order valence-electron chi connectivity index (χ4n) is 2.89. The number of amides is 1. The van der Waals surface area contributed by atoms with Crippen molar-refractivity contribution in [3.8, 4) is 0 Å². The molecule has 1 aromatic carbocycles. The quantitative estimate of drug-likeness (QED) is 0.847. The van der Waals surface area contributed by atoms with Crippen LogP contribution in [0, 0.1) is 0 Å². The van der Waals surface area contributed by atoms with Crippen LogP contribution in [0.25, 0.3) is 0 Å². The number of hydrogen-bond acceptors (Lipinski definition) is 4. The Morgan fingerprint density at radius 1 is 1.22 bits per heavy atom. The zero-order valence-corrected chi connectivity index (χ0v) is 14.5. The molecule has 1 fully saturated rings. The molecule has 5 nitrogen and oxygen atoms in total. The Labute approximate surface area is 139 Å². The van der Waals surface area contributed by atoms with Crippen LogP contribution >= 0.6 is 0 Å². The van der Waals surface area contributed by atoms with Gasteiger partial charge in [-0.15, -0.1) is 0 Å². The molecule has 1 unspecified atom stereocenters. The molecular weight excluding hydrogens is 290 g/mol. The number of carbonyl (C=O) groups excluding carboxylic acids is 1. The van der Waals surface area contributed by atoms with Crippen LogP contribution in [0.1, 0.15) is 22.8 Å². The number of rotatable bonds is 6. The first-order valence-corrected chi connectivity index (χ1v) is 8.43. The first-order chi connectivity index (χ1) is 11.0. The van der Waals surface area contributed by atoms with Crippen molar-refractivity contribution in [1.29, 1.82) is 0 Å². The molecule has 1 aliphatic rings. The summed E-state index contributed by atoms with van der Waals surface area (Å²) in [5.41, 5.74) is 1.90. The van der Waals surface area contributed by atoms with Crippen molar-refractivity contribution in [2.75, 3.05) is 53.4 Å². The van der Waals surface area contributed by atoms with E-state index in [4.69, 9.17) is 0 Å². The van der Waals surface area contributed by atoms with E-state index >= 15 is 0 Å². The van der Waals surface area contributed by atoms with Gasteiger partial charge in [0.15, 0.2) is 0 Å². The third-order valence-corrected chi connectivity index (χ3v) is 4.51. The van der Waals surface area contributed by atoms with Crippen molar-refractivity contribution in [3.63, 3.8) is 0 Å². The maximum Gasteiger partial charge on any atom is 0.253 e. The van der Waals surface area contributed by atoms with Gasteiger partial charge in [-0.05, 0) is 31.2 Å². The van der Waals surface area contributed by atoms with Crippen molar-refractivity contribution >= 4 is 5.91 Å². The lowest BCUT2D eigenvalue weighted by molar-refractivity contribution is 0.0501. The van der Waals surface area contributed by atoms with E-state index in [2.05, 4.69) is 23.8 Å². The fraction of sp³-hybridized carbons (Fsp3) is 0.611. The highest BCUT2D eigenvalue weighted by molar-refractivity contribution is 5.94. The Balaban J connectivity index is 1.82. The number of carbonyl (C=O) groups is 1. The smallest absolute Gasteiger partial charge is 0.253 e. The van der Waals surface area contributed by atoms with E-state index in [1.807, 2.05) is 24.3 Å². The van der Waals surface area contributed by atoms with Crippen LogP contribution < -0.4 is 0 Å². The zero-order valence-electron chi connectivity index (χ0n) is 14.5. The first-order valence-electron chi connectivity index (χ1n) is 8.43. The molecule has 0 spiro atoms. The monoisotopic (exact) mass is 319 g/mol. The van der Waals surface area contributed by atoms with Crippen molar-refractivity contribution in [2.24, 2.45) is 0 Å². The minimum atomic E-state index is -0.512. The van der Waals surface area contributed by atoms with Crippen molar-refractivity contribution < 1.29 is 9.90 Å². The number of likely N-dealkylation sites (N-methyl/N-ethyl adjacent to an activating group) is 2. The van der Waals surface area contributed by atoms with Gasteiger partial charge in [-0.25, -0.2) is 0 Å². The fourth-order valence-corrected chi connectivity index (χ4v) is 2.89. The Hall–Kier alpha value is -1.43. The SMILES string of the molecule is CCc1ccc(C(=O)N(C)CC(O)CN2CCN(C)CC2)cc1. The lowest BCUT2D eigenvalue weighted by Crippen LogP contribution is -2.49. The van der Waals surface area contributed by atoms with Crippen molar-refractivity contribution in [2.45, 2.75) is 19.4 Å². The topological polar surface area (TPSA) is 47.0 Å². The summed E-state index contributed by atoms with van der Waals surface area (Å²) in [6.45, 7) is 7.10. The second-order valence-corrected chi connectivity index (χ2v) is 6.49. The molecule has 1 atom stereocenters. The van der Waals surface area contributed by atoms with Gasteiger partial charge in [0.2, 0.25) is 0 Å². The minimum absolute atomic E-state index is 0.0370. The molecule has 0 aliphatic carbocycles. The number of aliphatic hydroxyl groups is 1. The molecule has 5 heteroatoms. The molecule has 1 aliphatic heterocycles.